The summed E-state index contributed by atoms with van der Waals surface area (Å²) >= 11 is 5.77. The van der Waals surface area contributed by atoms with E-state index in [0.29, 0.717) is 17.6 Å². The molecule has 0 radical (unpaired) electrons. The van der Waals surface area contributed by atoms with Crippen LogP contribution >= 0.6 is 11.6 Å². The molecular weight excluding hydrogens is 345 g/mol. The molecule has 4 aromatic rings. The van der Waals surface area contributed by atoms with Gasteiger partial charge in [0.25, 0.3) is 0 Å². The molecule has 3 N–H and O–H groups in total. The molecule has 25 heavy (non-hydrogen) atoms. The Hall–Kier alpha value is -3.26. The molecule has 0 saturated heterocycles. The molecule has 0 aliphatic carbocycles. The summed E-state index contributed by atoms with van der Waals surface area (Å²) < 4.78 is 13.2. The van der Waals surface area contributed by atoms with E-state index in [-0.39, 0.29) is 5.02 Å². The molecule has 124 valence electrons. The topological polar surface area (TPSA) is 91.4 Å². The van der Waals surface area contributed by atoms with Crippen LogP contribution in [-0.2, 0) is 0 Å². The molecule has 0 amide bonds. The van der Waals surface area contributed by atoms with Gasteiger partial charge in [-0.15, -0.1) is 0 Å². The van der Waals surface area contributed by atoms with Gasteiger partial charge in [-0.25, -0.2) is 14.4 Å². The van der Waals surface area contributed by atoms with Crippen LogP contribution in [0.15, 0.2) is 48.9 Å². The number of hydrogen-bond donors (Lipinski definition) is 3. The summed E-state index contributed by atoms with van der Waals surface area (Å²) in [5.41, 5.74) is 2.28. The second-order valence-corrected chi connectivity index (χ2v) is 5.59. The molecule has 0 aliphatic heterocycles. The van der Waals surface area contributed by atoms with Gasteiger partial charge in [-0.2, -0.15) is 10.1 Å². The van der Waals surface area contributed by atoms with Gasteiger partial charge in [-0.1, -0.05) is 11.6 Å². The van der Waals surface area contributed by atoms with E-state index < -0.39 is 5.82 Å². The van der Waals surface area contributed by atoms with Crippen molar-refractivity contribution in [1.29, 1.82) is 0 Å². The minimum atomic E-state index is -0.487. The Morgan fingerprint density at radius 1 is 0.960 bits per heavy atom. The van der Waals surface area contributed by atoms with Crippen molar-refractivity contribution in [3.63, 3.8) is 0 Å². The van der Waals surface area contributed by atoms with Gasteiger partial charge >= 0.3 is 0 Å². The molecule has 0 atom stereocenters. The summed E-state index contributed by atoms with van der Waals surface area (Å²) in [5.74, 6) is 0.187. The Labute approximate surface area is 146 Å². The van der Waals surface area contributed by atoms with Crippen molar-refractivity contribution < 1.29 is 4.39 Å². The highest BCUT2D eigenvalue weighted by atomic mass is 35.5. The van der Waals surface area contributed by atoms with Gasteiger partial charge in [0.05, 0.1) is 16.7 Å². The third-order valence-electron chi connectivity index (χ3n) is 3.45. The van der Waals surface area contributed by atoms with Gasteiger partial charge in [0.1, 0.15) is 12.1 Å². The van der Waals surface area contributed by atoms with Gasteiger partial charge in [-0.3, -0.25) is 5.10 Å². The lowest BCUT2D eigenvalue weighted by Gasteiger charge is -2.08. The molecule has 7 nitrogen and oxygen atoms in total. The number of fused-ring (bicyclic) bond motifs is 1. The Bertz CT molecular complexity index is 1050. The minimum Gasteiger partial charge on any atom is -0.324 e. The van der Waals surface area contributed by atoms with Crippen molar-refractivity contribution in [2.24, 2.45) is 0 Å². The van der Waals surface area contributed by atoms with Gasteiger partial charge in [0.2, 0.25) is 11.9 Å². The molecule has 2 aromatic carbocycles. The highest BCUT2D eigenvalue weighted by Gasteiger charge is 2.05. The third-order valence-corrected chi connectivity index (χ3v) is 3.74. The molecule has 2 aromatic heterocycles. The van der Waals surface area contributed by atoms with E-state index in [1.807, 2.05) is 18.2 Å². The largest absolute Gasteiger partial charge is 0.324 e. The van der Waals surface area contributed by atoms with Crippen LogP contribution in [0.5, 0.6) is 0 Å². The van der Waals surface area contributed by atoms with E-state index in [1.54, 1.807) is 12.3 Å². The van der Waals surface area contributed by atoms with Crippen molar-refractivity contribution in [3.05, 3.63) is 59.8 Å². The smallest absolute Gasteiger partial charge is 0.232 e. The third kappa shape index (κ3) is 3.33. The van der Waals surface area contributed by atoms with Crippen LogP contribution in [0, 0.1) is 5.82 Å². The summed E-state index contributed by atoms with van der Waals surface area (Å²) in [5, 5.41) is 14.0. The molecule has 0 aliphatic rings. The zero-order valence-electron chi connectivity index (χ0n) is 12.7. The first-order chi connectivity index (χ1) is 12.2. The predicted molar refractivity (Wildman–Crippen MR) is 93.9 cm³/mol. The average molecular weight is 356 g/mol. The molecule has 0 spiro atoms. The zero-order valence-corrected chi connectivity index (χ0v) is 13.4. The van der Waals surface area contributed by atoms with Crippen LogP contribution in [0.4, 0.5) is 27.7 Å². The maximum absolute atomic E-state index is 13.2. The molecule has 4 rings (SSSR count). The number of nitrogens with zero attached hydrogens (tertiary/aromatic N) is 4. The molecule has 0 bridgehead atoms. The van der Waals surface area contributed by atoms with E-state index in [9.17, 15) is 4.39 Å². The number of H-pyrrole nitrogens is 1. The summed E-state index contributed by atoms with van der Waals surface area (Å²) in [6, 6.07) is 10.0. The van der Waals surface area contributed by atoms with E-state index in [1.165, 1.54) is 18.5 Å². The van der Waals surface area contributed by atoms with Crippen molar-refractivity contribution >= 4 is 45.8 Å². The van der Waals surface area contributed by atoms with Crippen molar-refractivity contribution in [2.45, 2.75) is 0 Å². The van der Waals surface area contributed by atoms with Gasteiger partial charge < -0.3 is 10.6 Å². The van der Waals surface area contributed by atoms with Crippen LogP contribution in [0.3, 0.4) is 0 Å². The first-order valence-corrected chi connectivity index (χ1v) is 7.66. The number of hydrogen-bond acceptors (Lipinski definition) is 6. The summed E-state index contributed by atoms with van der Waals surface area (Å²) in [4.78, 5) is 12.4. The van der Waals surface area contributed by atoms with Gasteiger partial charge in [0, 0.05) is 16.8 Å². The van der Waals surface area contributed by atoms with Crippen molar-refractivity contribution in [3.8, 4) is 0 Å². The zero-order chi connectivity index (χ0) is 17.2. The van der Waals surface area contributed by atoms with E-state index in [0.717, 1.165) is 16.6 Å². The van der Waals surface area contributed by atoms with Crippen molar-refractivity contribution in [2.75, 3.05) is 10.6 Å². The van der Waals surface area contributed by atoms with Crippen LogP contribution in [0.2, 0.25) is 5.02 Å². The quantitative estimate of drug-likeness (QED) is 0.512. The lowest BCUT2D eigenvalue weighted by atomic mass is 10.2. The Morgan fingerprint density at radius 3 is 2.44 bits per heavy atom. The van der Waals surface area contributed by atoms with Crippen LogP contribution < -0.4 is 10.6 Å². The Kier molecular flexibility index (Phi) is 3.87. The molecule has 0 saturated carbocycles. The van der Waals surface area contributed by atoms with Crippen LogP contribution in [-0.4, -0.2) is 25.1 Å². The first kappa shape index (κ1) is 15.3. The minimum absolute atomic E-state index is 0.0188. The fourth-order valence-electron chi connectivity index (χ4n) is 2.26. The second kappa shape index (κ2) is 6.33. The number of halogens is 2. The molecular formula is C16H11ClFN7. The van der Waals surface area contributed by atoms with E-state index in [4.69, 9.17) is 11.6 Å². The summed E-state index contributed by atoms with van der Waals surface area (Å²) in [6.07, 6.45) is 3.12. The number of nitrogens with one attached hydrogen (secondary N) is 3. The normalized spacial score (nSPS) is 10.8. The monoisotopic (exact) mass is 355 g/mol. The number of aromatic nitrogens is 5. The SMILES string of the molecule is Fc1ccc(Nc2ncnc(Nc3ccc4cn[nH]c4c3)n2)cc1Cl. The first-order valence-electron chi connectivity index (χ1n) is 7.29. The van der Waals surface area contributed by atoms with Crippen LogP contribution in [0.25, 0.3) is 10.9 Å². The van der Waals surface area contributed by atoms with Gasteiger partial charge in [-0.05, 0) is 36.4 Å². The Balaban J connectivity index is 1.55. The lowest BCUT2D eigenvalue weighted by molar-refractivity contribution is 0.628. The van der Waals surface area contributed by atoms with Crippen LogP contribution in [0.1, 0.15) is 0 Å². The Morgan fingerprint density at radius 2 is 1.68 bits per heavy atom. The number of anilines is 4. The molecule has 2 heterocycles. The maximum atomic E-state index is 13.2. The number of aromatic amines is 1. The standard InChI is InChI=1S/C16H11ClFN7/c17-12-5-10(3-4-13(12)18)22-15-19-8-20-16(24-15)23-11-2-1-9-7-21-25-14(9)6-11/h1-8H,(H,21,25)(H2,19,20,22,23,24). The van der Waals surface area contributed by atoms with Crippen molar-refractivity contribution in [1.82, 2.24) is 25.1 Å². The summed E-state index contributed by atoms with van der Waals surface area (Å²) in [6.45, 7) is 0. The van der Waals surface area contributed by atoms with E-state index in [2.05, 4.69) is 35.8 Å². The number of benzene rings is 2. The average Bonchev–Trinajstić information content (AvgIpc) is 3.06. The highest BCUT2D eigenvalue weighted by molar-refractivity contribution is 6.31. The summed E-state index contributed by atoms with van der Waals surface area (Å²) in [7, 11) is 0. The molecule has 9 heteroatoms. The second-order valence-electron chi connectivity index (χ2n) is 5.18. The van der Waals surface area contributed by atoms with E-state index >= 15 is 0 Å². The molecule has 0 fully saturated rings. The predicted octanol–water partition coefficient (Wildman–Crippen LogP) is 4.03. The number of rotatable bonds is 4. The lowest BCUT2D eigenvalue weighted by Crippen LogP contribution is -2.02. The molecule has 0 unspecified atom stereocenters. The fourth-order valence-corrected chi connectivity index (χ4v) is 2.44. The van der Waals surface area contributed by atoms with Gasteiger partial charge in [0.15, 0.2) is 0 Å². The maximum Gasteiger partial charge on any atom is 0.232 e. The fraction of sp³-hybridized carbons (Fsp3) is 0. The highest BCUT2D eigenvalue weighted by Crippen LogP contribution is 2.22.